The van der Waals surface area contributed by atoms with Gasteiger partial charge in [0.15, 0.2) is 0 Å². The molecule has 4 aromatic rings. The van der Waals surface area contributed by atoms with Gasteiger partial charge in [-0.2, -0.15) is 0 Å². The smallest absolute Gasteiger partial charge is 0.303 e. The summed E-state index contributed by atoms with van der Waals surface area (Å²) in [6, 6.07) is 19.8. The van der Waals surface area contributed by atoms with Crippen LogP contribution >= 0.6 is 23.2 Å². The van der Waals surface area contributed by atoms with E-state index in [4.69, 9.17) is 37.5 Å². The number of aromatic nitrogens is 1. The molecule has 0 bridgehead atoms. The molecule has 0 aliphatic heterocycles. The number of halogens is 2. The number of carbonyl (C=O) groups excluding carboxylic acids is 1. The Hall–Kier alpha value is -3.81. The van der Waals surface area contributed by atoms with Gasteiger partial charge in [-0.3, -0.25) is 9.59 Å². The Bertz CT molecular complexity index is 1440. The van der Waals surface area contributed by atoms with Crippen LogP contribution in [0.15, 0.2) is 71.1 Å². The molecule has 0 spiro atoms. The first-order valence-electron chi connectivity index (χ1n) is 12.0. The molecule has 0 saturated heterocycles. The van der Waals surface area contributed by atoms with Crippen LogP contribution in [-0.4, -0.2) is 28.6 Å². The van der Waals surface area contributed by atoms with Crippen LogP contribution in [0.2, 0.25) is 10.0 Å². The first-order chi connectivity index (χ1) is 18.3. The lowest BCUT2D eigenvalue weighted by Gasteiger charge is -2.14. The lowest BCUT2D eigenvalue weighted by atomic mass is 10.0. The molecule has 9 heteroatoms. The highest BCUT2D eigenvalue weighted by molar-refractivity contribution is 6.36. The second kappa shape index (κ2) is 12.6. The lowest BCUT2D eigenvalue weighted by Crippen LogP contribution is -2.24. The average Bonchev–Trinajstić information content (AvgIpc) is 3.27. The number of nitrogens with one attached hydrogen (secondary N) is 1. The highest BCUT2D eigenvalue weighted by Gasteiger charge is 2.14. The van der Waals surface area contributed by atoms with Gasteiger partial charge in [0.05, 0.1) is 22.9 Å². The van der Waals surface area contributed by atoms with Gasteiger partial charge in [-0.1, -0.05) is 47.5 Å². The van der Waals surface area contributed by atoms with Crippen molar-refractivity contribution in [1.29, 1.82) is 0 Å². The zero-order valence-corrected chi connectivity index (χ0v) is 22.2. The van der Waals surface area contributed by atoms with E-state index in [2.05, 4.69) is 10.3 Å². The van der Waals surface area contributed by atoms with Gasteiger partial charge in [0, 0.05) is 30.0 Å². The summed E-state index contributed by atoms with van der Waals surface area (Å²) >= 11 is 12.1. The maximum Gasteiger partial charge on any atom is 0.303 e. The van der Waals surface area contributed by atoms with E-state index >= 15 is 0 Å². The molecule has 4 rings (SSSR count). The Morgan fingerprint density at radius 2 is 1.79 bits per heavy atom. The first kappa shape index (κ1) is 27.2. The molecular formula is C29H26Cl2N2O5. The molecule has 1 aromatic heterocycles. The lowest BCUT2D eigenvalue weighted by molar-refractivity contribution is -0.136. The summed E-state index contributed by atoms with van der Waals surface area (Å²) in [5.74, 6) is 0.645. The molecule has 3 aromatic carbocycles. The number of rotatable bonds is 11. The van der Waals surface area contributed by atoms with Gasteiger partial charge < -0.3 is 19.6 Å². The Kier molecular flexibility index (Phi) is 9.05. The number of ether oxygens (including phenoxy) is 1. The van der Waals surface area contributed by atoms with Crippen molar-refractivity contribution in [3.8, 4) is 17.2 Å². The van der Waals surface area contributed by atoms with Gasteiger partial charge in [-0.05, 0) is 66.9 Å². The molecule has 0 atom stereocenters. The summed E-state index contributed by atoms with van der Waals surface area (Å²) in [6.07, 6.45) is 0.840. The van der Waals surface area contributed by atoms with E-state index in [0.29, 0.717) is 41.7 Å². The number of carboxylic acid groups (broad SMARTS) is 1. The van der Waals surface area contributed by atoms with Gasteiger partial charge in [0.1, 0.15) is 11.5 Å². The van der Waals surface area contributed by atoms with Crippen LogP contribution in [0, 0.1) is 6.92 Å². The zero-order chi connectivity index (χ0) is 27.1. The van der Waals surface area contributed by atoms with E-state index in [9.17, 15) is 9.59 Å². The van der Waals surface area contributed by atoms with Crippen LogP contribution < -0.4 is 10.1 Å². The number of hydrogen-bond acceptors (Lipinski definition) is 5. The third-order valence-electron chi connectivity index (χ3n) is 5.92. The molecular weight excluding hydrogens is 527 g/mol. The third-order valence-corrected chi connectivity index (χ3v) is 6.47. The van der Waals surface area contributed by atoms with Crippen LogP contribution in [0.25, 0.3) is 11.5 Å². The first-order valence-corrected chi connectivity index (χ1v) is 12.8. The Morgan fingerprint density at radius 1 is 1.00 bits per heavy atom. The number of aliphatic carboxylic acids is 1. The summed E-state index contributed by atoms with van der Waals surface area (Å²) in [5.41, 5.74) is 3.59. The van der Waals surface area contributed by atoms with Crippen molar-refractivity contribution in [3.63, 3.8) is 0 Å². The van der Waals surface area contributed by atoms with Gasteiger partial charge in [-0.15, -0.1) is 0 Å². The van der Waals surface area contributed by atoms with Crippen molar-refractivity contribution in [2.45, 2.75) is 32.7 Å². The predicted molar refractivity (Wildman–Crippen MR) is 146 cm³/mol. The Balaban J connectivity index is 1.43. The largest absolute Gasteiger partial charge is 0.493 e. The SMILES string of the molecule is Cc1oc(-c2ccccc2)nc1CCOc1ccc(CCC(=O)O)c(CNC(=O)c2ccc(Cl)cc2Cl)c1. The number of hydrogen-bond donors (Lipinski definition) is 2. The Labute approximate surface area is 230 Å². The summed E-state index contributed by atoms with van der Waals surface area (Å²) < 4.78 is 11.8. The molecule has 0 fully saturated rings. The number of benzene rings is 3. The number of amides is 1. The van der Waals surface area contributed by atoms with E-state index in [1.54, 1.807) is 18.2 Å². The van der Waals surface area contributed by atoms with E-state index in [1.165, 1.54) is 6.07 Å². The number of nitrogens with zero attached hydrogens (tertiary/aromatic N) is 1. The summed E-state index contributed by atoms with van der Waals surface area (Å²) in [7, 11) is 0. The molecule has 7 nitrogen and oxygen atoms in total. The standard InChI is InChI=1S/C29H26Cl2N2O5/c1-18-26(33-29(38-18)20-5-3-2-4-6-20)13-14-37-23-10-7-19(8-12-27(34)35)21(15-23)17-32-28(36)24-11-9-22(30)16-25(24)31/h2-7,9-11,15-16H,8,12-14,17H2,1H3,(H,32,36)(H,34,35). The number of carboxylic acids is 1. The van der Waals surface area contributed by atoms with Crippen LogP contribution in [0.1, 0.15) is 39.4 Å². The van der Waals surface area contributed by atoms with Crippen LogP contribution in [0.5, 0.6) is 5.75 Å². The quantitative estimate of drug-likeness (QED) is 0.219. The van der Waals surface area contributed by atoms with Crippen molar-refractivity contribution in [2.75, 3.05) is 6.61 Å². The number of aryl methyl sites for hydroxylation is 2. The topological polar surface area (TPSA) is 102 Å². The van der Waals surface area contributed by atoms with Gasteiger partial charge in [0.25, 0.3) is 5.91 Å². The highest BCUT2D eigenvalue weighted by Crippen LogP contribution is 2.24. The van der Waals surface area contributed by atoms with Gasteiger partial charge in [0.2, 0.25) is 5.89 Å². The zero-order valence-electron chi connectivity index (χ0n) is 20.7. The molecule has 1 heterocycles. The van der Waals surface area contributed by atoms with Crippen molar-refractivity contribution in [2.24, 2.45) is 0 Å². The van der Waals surface area contributed by atoms with E-state index in [1.807, 2.05) is 49.4 Å². The minimum Gasteiger partial charge on any atom is -0.493 e. The molecule has 0 aliphatic rings. The molecule has 0 saturated carbocycles. The van der Waals surface area contributed by atoms with E-state index in [-0.39, 0.29) is 23.9 Å². The number of carbonyl (C=O) groups is 2. The summed E-state index contributed by atoms with van der Waals surface area (Å²) in [5, 5.41) is 12.7. The molecule has 0 radical (unpaired) electrons. The molecule has 196 valence electrons. The third kappa shape index (κ3) is 7.15. The fourth-order valence-corrected chi connectivity index (χ4v) is 4.41. The maximum atomic E-state index is 12.7. The molecule has 2 N–H and O–H groups in total. The molecule has 0 unspecified atom stereocenters. The van der Waals surface area contributed by atoms with E-state index in [0.717, 1.165) is 28.1 Å². The minimum absolute atomic E-state index is 0.0284. The van der Waals surface area contributed by atoms with Crippen molar-refractivity contribution in [3.05, 3.63) is 105 Å². The fraction of sp³-hybridized carbons (Fsp3) is 0.207. The maximum absolute atomic E-state index is 12.7. The molecule has 0 aliphatic carbocycles. The minimum atomic E-state index is -0.897. The highest BCUT2D eigenvalue weighted by atomic mass is 35.5. The fourth-order valence-electron chi connectivity index (χ4n) is 3.92. The molecule has 38 heavy (non-hydrogen) atoms. The van der Waals surface area contributed by atoms with Crippen LogP contribution in [0.4, 0.5) is 0 Å². The summed E-state index contributed by atoms with van der Waals surface area (Å²) in [6.45, 7) is 2.41. The van der Waals surface area contributed by atoms with Crippen molar-refractivity contribution >= 4 is 35.1 Å². The van der Waals surface area contributed by atoms with Crippen molar-refractivity contribution in [1.82, 2.24) is 10.3 Å². The average molecular weight is 553 g/mol. The summed E-state index contributed by atoms with van der Waals surface area (Å²) in [4.78, 5) is 28.4. The van der Waals surface area contributed by atoms with Crippen LogP contribution in [0.3, 0.4) is 0 Å². The predicted octanol–water partition coefficient (Wildman–Crippen LogP) is 6.53. The second-order valence-electron chi connectivity index (χ2n) is 8.62. The van der Waals surface area contributed by atoms with Gasteiger partial charge in [-0.25, -0.2) is 4.98 Å². The molecule has 1 amide bonds. The number of oxazole rings is 1. The second-order valence-corrected chi connectivity index (χ2v) is 9.46. The van der Waals surface area contributed by atoms with Gasteiger partial charge >= 0.3 is 5.97 Å². The van der Waals surface area contributed by atoms with Crippen LogP contribution in [-0.2, 0) is 24.2 Å². The van der Waals surface area contributed by atoms with Crippen molar-refractivity contribution < 1.29 is 23.8 Å². The normalized spacial score (nSPS) is 10.8. The Morgan fingerprint density at radius 3 is 2.53 bits per heavy atom. The van der Waals surface area contributed by atoms with E-state index < -0.39 is 5.97 Å². The monoisotopic (exact) mass is 552 g/mol.